The maximum absolute atomic E-state index is 13.5. The van der Waals surface area contributed by atoms with Gasteiger partial charge < -0.3 is 30.1 Å². The Morgan fingerprint density at radius 3 is 2.36 bits per heavy atom. The van der Waals surface area contributed by atoms with E-state index in [1.54, 1.807) is 61.4 Å². The third-order valence-electron chi connectivity index (χ3n) is 7.75. The van der Waals surface area contributed by atoms with Crippen LogP contribution in [0.2, 0.25) is 0 Å². The zero-order valence-corrected chi connectivity index (χ0v) is 25.7. The molecule has 0 saturated heterocycles. The molecule has 3 N–H and O–H groups in total. The van der Waals surface area contributed by atoms with Crippen molar-refractivity contribution >= 4 is 23.3 Å². The van der Waals surface area contributed by atoms with Gasteiger partial charge in [-0.15, -0.1) is 0 Å². The molecule has 3 aromatic rings. The number of fused-ring (bicyclic) bond motifs is 1. The summed E-state index contributed by atoms with van der Waals surface area (Å²) in [6.45, 7) is 4.67. The van der Waals surface area contributed by atoms with Crippen LogP contribution in [-0.2, 0) is 23.9 Å². The Bertz CT molecular complexity index is 1450. The predicted octanol–water partition coefficient (Wildman–Crippen LogP) is 5.64. The Morgan fingerprint density at radius 1 is 1.09 bits per heavy atom. The topological polar surface area (TPSA) is 103 Å². The Hall–Kier alpha value is -4.29. The quantitative estimate of drug-likeness (QED) is 0.284. The third kappa shape index (κ3) is 9.11. The van der Waals surface area contributed by atoms with Gasteiger partial charge in [-0.3, -0.25) is 9.69 Å². The normalized spacial score (nSPS) is 17.8. The Labute approximate surface area is 260 Å². The van der Waals surface area contributed by atoms with Gasteiger partial charge in [0.25, 0.3) is 0 Å². The van der Waals surface area contributed by atoms with Crippen LogP contribution in [0.5, 0.6) is 11.5 Å². The first kappa shape index (κ1) is 33.6. The molecular weight excluding hydrogens is 589 g/mol. The molecule has 0 saturated carbocycles. The van der Waals surface area contributed by atoms with Gasteiger partial charge in [-0.2, -0.15) is 13.2 Å². The standard InChI is InChI=1S/C33H39F3N4O5/c1-21-17-40(22(2)20-41)31(42)16-24-15-27(38-32(43)37-26-9-12-28(44-4)13-10-26)11-14-29(24)45-30(21)19-39(3)18-23-5-7-25(8-6-23)33(34,35)36/h5-15,21-22,30,41H,16-20H2,1-4H3,(H2,37,38,43)/t21-,22+,30+/m0/s1. The summed E-state index contributed by atoms with van der Waals surface area (Å²) in [5.41, 5.74) is 1.62. The van der Waals surface area contributed by atoms with Crippen molar-refractivity contribution < 1.29 is 37.3 Å². The highest BCUT2D eigenvalue weighted by Gasteiger charge is 2.32. The summed E-state index contributed by atoms with van der Waals surface area (Å²) in [6.07, 6.45) is -4.81. The van der Waals surface area contributed by atoms with Gasteiger partial charge in [-0.1, -0.05) is 19.1 Å². The van der Waals surface area contributed by atoms with E-state index in [0.29, 0.717) is 48.1 Å². The number of aliphatic hydroxyl groups is 1. The molecule has 45 heavy (non-hydrogen) atoms. The van der Waals surface area contributed by atoms with Crippen molar-refractivity contribution in [3.8, 4) is 11.5 Å². The number of methoxy groups -OCH3 is 1. The van der Waals surface area contributed by atoms with Gasteiger partial charge in [-0.25, -0.2) is 4.79 Å². The largest absolute Gasteiger partial charge is 0.497 e. The highest BCUT2D eigenvalue weighted by Crippen LogP contribution is 2.31. The fourth-order valence-corrected chi connectivity index (χ4v) is 5.18. The van der Waals surface area contributed by atoms with Crippen LogP contribution >= 0.6 is 0 Å². The summed E-state index contributed by atoms with van der Waals surface area (Å²) >= 11 is 0. The molecule has 12 heteroatoms. The van der Waals surface area contributed by atoms with Crippen molar-refractivity contribution in [1.82, 2.24) is 9.80 Å². The summed E-state index contributed by atoms with van der Waals surface area (Å²) in [5, 5.41) is 15.4. The molecule has 0 fully saturated rings. The molecule has 3 atom stereocenters. The molecule has 0 aliphatic carbocycles. The lowest BCUT2D eigenvalue weighted by molar-refractivity contribution is -0.137. The first-order chi connectivity index (χ1) is 21.4. The minimum absolute atomic E-state index is 0.00384. The summed E-state index contributed by atoms with van der Waals surface area (Å²) in [6, 6.07) is 16.1. The smallest absolute Gasteiger partial charge is 0.416 e. The number of alkyl halides is 3. The number of likely N-dealkylation sites (N-methyl/N-ethyl adjacent to an activating group) is 1. The number of carbonyl (C=O) groups excluding carboxylic acids is 2. The Balaban J connectivity index is 1.53. The number of amides is 3. The number of anilines is 2. The number of halogens is 3. The minimum Gasteiger partial charge on any atom is -0.497 e. The zero-order chi connectivity index (χ0) is 32.7. The van der Waals surface area contributed by atoms with Crippen molar-refractivity contribution in [3.05, 3.63) is 83.4 Å². The molecule has 1 aliphatic heterocycles. The maximum Gasteiger partial charge on any atom is 0.416 e. The molecule has 0 aromatic heterocycles. The van der Waals surface area contributed by atoms with E-state index in [-0.39, 0.29) is 24.9 Å². The highest BCUT2D eigenvalue weighted by molar-refractivity contribution is 6.00. The first-order valence-electron chi connectivity index (χ1n) is 14.6. The summed E-state index contributed by atoms with van der Waals surface area (Å²) in [5.74, 6) is 0.804. The summed E-state index contributed by atoms with van der Waals surface area (Å²) in [7, 11) is 3.41. The Morgan fingerprint density at radius 2 is 1.73 bits per heavy atom. The Kier molecular flexibility index (Phi) is 10.9. The zero-order valence-electron chi connectivity index (χ0n) is 25.7. The van der Waals surface area contributed by atoms with Gasteiger partial charge in [0.2, 0.25) is 5.91 Å². The van der Waals surface area contributed by atoms with Crippen LogP contribution in [0, 0.1) is 5.92 Å². The van der Waals surface area contributed by atoms with Crippen LogP contribution in [0.25, 0.3) is 0 Å². The monoisotopic (exact) mass is 628 g/mol. The van der Waals surface area contributed by atoms with E-state index in [2.05, 4.69) is 10.6 Å². The van der Waals surface area contributed by atoms with E-state index >= 15 is 0 Å². The SMILES string of the molecule is COc1ccc(NC(=O)Nc2ccc3c(c2)CC(=O)N([C@H](C)CO)C[C@H](C)[C@@H](CN(C)Cc2ccc(C(F)(F)F)cc2)O3)cc1. The van der Waals surface area contributed by atoms with Gasteiger partial charge in [0, 0.05) is 42.5 Å². The van der Waals surface area contributed by atoms with Gasteiger partial charge in [0.05, 0.1) is 31.7 Å². The molecule has 3 amide bonds. The summed E-state index contributed by atoms with van der Waals surface area (Å²) in [4.78, 5) is 29.8. The molecule has 1 heterocycles. The molecule has 9 nitrogen and oxygen atoms in total. The van der Waals surface area contributed by atoms with Crippen LogP contribution in [0.15, 0.2) is 66.7 Å². The predicted molar refractivity (Wildman–Crippen MR) is 165 cm³/mol. The molecule has 0 bridgehead atoms. The van der Waals surface area contributed by atoms with Gasteiger partial charge in [0.15, 0.2) is 0 Å². The lowest BCUT2D eigenvalue weighted by Crippen LogP contribution is -2.47. The fourth-order valence-electron chi connectivity index (χ4n) is 5.18. The molecule has 242 valence electrons. The number of carbonyl (C=O) groups is 2. The van der Waals surface area contributed by atoms with E-state index in [4.69, 9.17) is 9.47 Å². The van der Waals surface area contributed by atoms with Crippen LogP contribution in [-0.4, -0.2) is 72.8 Å². The molecule has 1 aliphatic rings. The van der Waals surface area contributed by atoms with Crippen molar-refractivity contribution in [1.29, 1.82) is 0 Å². The first-order valence-corrected chi connectivity index (χ1v) is 14.6. The van der Waals surface area contributed by atoms with Crippen molar-refractivity contribution in [3.63, 3.8) is 0 Å². The molecule has 4 rings (SSSR count). The van der Waals surface area contributed by atoms with Crippen molar-refractivity contribution in [2.45, 2.75) is 45.1 Å². The van der Waals surface area contributed by atoms with Crippen LogP contribution < -0.4 is 20.1 Å². The van der Waals surface area contributed by atoms with Crippen LogP contribution in [0.1, 0.15) is 30.5 Å². The van der Waals surface area contributed by atoms with Gasteiger partial charge in [0.1, 0.15) is 17.6 Å². The average Bonchev–Trinajstić information content (AvgIpc) is 3.04. The maximum atomic E-state index is 13.5. The number of benzene rings is 3. The molecular formula is C33H39F3N4O5. The van der Waals surface area contributed by atoms with Crippen molar-refractivity contribution in [2.75, 3.05) is 44.5 Å². The minimum atomic E-state index is -4.40. The number of hydrogen-bond acceptors (Lipinski definition) is 6. The second-order valence-corrected chi connectivity index (χ2v) is 11.4. The van der Waals surface area contributed by atoms with E-state index in [1.165, 1.54) is 12.1 Å². The highest BCUT2D eigenvalue weighted by atomic mass is 19.4. The van der Waals surface area contributed by atoms with Gasteiger partial charge in [-0.05, 0) is 74.1 Å². The lowest BCUT2D eigenvalue weighted by Gasteiger charge is -2.34. The molecule has 3 aromatic carbocycles. The van der Waals surface area contributed by atoms with E-state index in [1.807, 2.05) is 18.9 Å². The van der Waals surface area contributed by atoms with Crippen molar-refractivity contribution in [2.24, 2.45) is 5.92 Å². The summed E-state index contributed by atoms with van der Waals surface area (Å²) < 4.78 is 50.7. The number of nitrogens with zero attached hydrogens (tertiary/aromatic N) is 2. The van der Waals surface area contributed by atoms with Gasteiger partial charge >= 0.3 is 12.2 Å². The van der Waals surface area contributed by atoms with Crippen LogP contribution in [0.3, 0.4) is 0 Å². The molecule has 0 radical (unpaired) electrons. The number of aliphatic hydroxyl groups excluding tert-OH is 1. The number of hydrogen-bond donors (Lipinski definition) is 3. The van der Waals surface area contributed by atoms with Crippen LogP contribution in [0.4, 0.5) is 29.3 Å². The van der Waals surface area contributed by atoms with E-state index < -0.39 is 29.9 Å². The lowest BCUT2D eigenvalue weighted by atomic mass is 10.0. The number of rotatable bonds is 9. The number of nitrogens with one attached hydrogen (secondary N) is 2. The van der Waals surface area contributed by atoms with E-state index in [0.717, 1.165) is 17.7 Å². The number of ether oxygens (including phenoxy) is 2. The van der Waals surface area contributed by atoms with E-state index in [9.17, 15) is 27.9 Å². The second kappa shape index (κ2) is 14.7. The molecule has 0 unspecified atom stereocenters. The average molecular weight is 629 g/mol. The number of urea groups is 1. The third-order valence-corrected chi connectivity index (χ3v) is 7.75. The molecule has 0 spiro atoms. The second-order valence-electron chi connectivity index (χ2n) is 11.4. The fraction of sp³-hybridized carbons (Fsp3) is 0.394.